The molecule has 4 N–H and O–H groups in total. The summed E-state index contributed by atoms with van der Waals surface area (Å²) in [6, 6.07) is 12.1. The minimum absolute atomic E-state index is 0.0614. The number of benzene rings is 2. The summed E-state index contributed by atoms with van der Waals surface area (Å²) in [5.41, 5.74) is 4.32. The quantitative estimate of drug-likeness (QED) is 0.313. The maximum absolute atomic E-state index is 13.6. The van der Waals surface area contributed by atoms with Crippen LogP contribution in [0.5, 0.6) is 0 Å². The van der Waals surface area contributed by atoms with E-state index in [0.717, 1.165) is 39.6 Å². The fraction of sp³-hybridized carbons (Fsp3) is 0.308. The molecule has 0 fully saturated rings. The molecule has 33 heavy (non-hydrogen) atoms. The number of hydrogen-bond acceptors (Lipinski definition) is 3. The van der Waals surface area contributed by atoms with Gasteiger partial charge in [0.25, 0.3) is 6.29 Å². The Hall–Kier alpha value is -3.29. The van der Waals surface area contributed by atoms with Gasteiger partial charge in [0.05, 0.1) is 25.0 Å². The van der Waals surface area contributed by atoms with Gasteiger partial charge in [-0.15, -0.1) is 0 Å². The number of rotatable bonds is 10. The number of carboxylic acids is 1. The van der Waals surface area contributed by atoms with Gasteiger partial charge >= 0.3 is 5.97 Å². The van der Waals surface area contributed by atoms with E-state index in [9.17, 15) is 24.2 Å². The number of aliphatic hydroxyl groups is 2. The normalized spacial score (nSPS) is 13.6. The SMILES string of the molecule is CC(C)n1c(/C=C/[C@@H](O)C[C@@H](O)CC(=O)O)c(-c2ccc(F)cc2)c2cc(CC=[OH+])ccc21. The monoisotopic (exact) mass is 454 g/mol. The molecule has 6 nitrogen and oxygen atoms in total. The van der Waals surface area contributed by atoms with Crippen LogP contribution >= 0.6 is 0 Å². The van der Waals surface area contributed by atoms with Gasteiger partial charge in [0.2, 0.25) is 0 Å². The van der Waals surface area contributed by atoms with E-state index in [1.165, 1.54) is 18.2 Å². The maximum Gasteiger partial charge on any atom is 0.305 e. The Labute approximate surface area is 191 Å². The van der Waals surface area contributed by atoms with Crippen molar-refractivity contribution in [2.24, 2.45) is 0 Å². The molecule has 7 heteroatoms. The van der Waals surface area contributed by atoms with E-state index < -0.39 is 24.6 Å². The lowest BCUT2D eigenvalue weighted by Crippen LogP contribution is -2.19. The molecule has 0 aliphatic heterocycles. The van der Waals surface area contributed by atoms with Crippen LogP contribution in [-0.4, -0.2) is 49.1 Å². The standard InChI is InChI=1S/C26H28FNO5/c1-16(2)28-23-9-3-17(11-12-29)13-22(23)26(18-4-6-19(27)7-5-18)24(28)10-8-20(30)14-21(31)15-25(32)33/h3-10,12-13,16,20-21,30-31H,11,14-15H2,1-2H3,(H,32,33)/p+1/b10-8+/t20-,21-/m1/s1. The molecule has 0 saturated carbocycles. The molecule has 1 heterocycles. The molecular formula is C26H29FNO5+. The zero-order chi connectivity index (χ0) is 24.1. The van der Waals surface area contributed by atoms with E-state index >= 15 is 0 Å². The van der Waals surface area contributed by atoms with Crippen LogP contribution in [0.3, 0.4) is 0 Å². The van der Waals surface area contributed by atoms with E-state index in [-0.39, 0.29) is 18.3 Å². The fourth-order valence-electron chi connectivity index (χ4n) is 4.10. The van der Waals surface area contributed by atoms with Crippen molar-refractivity contribution in [3.63, 3.8) is 0 Å². The second kappa shape index (κ2) is 10.6. The first kappa shape index (κ1) is 24.4. The number of aromatic nitrogens is 1. The second-order valence-electron chi connectivity index (χ2n) is 8.38. The molecule has 3 rings (SSSR count). The van der Waals surface area contributed by atoms with Gasteiger partial charge < -0.3 is 19.9 Å². The largest absolute Gasteiger partial charge is 0.481 e. The lowest BCUT2D eigenvalue weighted by atomic mass is 9.99. The third kappa shape index (κ3) is 5.74. The predicted molar refractivity (Wildman–Crippen MR) is 127 cm³/mol. The van der Waals surface area contributed by atoms with Crippen molar-refractivity contribution in [3.8, 4) is 11.1 Å². The summed E-state index contributed by atoms with van der Waals surface area (Å²) in [6.45, 7) is 4.07. The van der Waals surface area contributed by atoms with Crippen LogP contribution in [0.4, 0.5) is 4.39 Å². The van der Waals surface area contributed by atoms with Gasteiger partial charge in [-0.25, -0.2) is 4.39 Å². The Balaban J connectivity index is 2.15. The molecule has 2 aromatic carbocycles. The molecule has 0 amide bonds. The zero-order valence-electron chi connectivity index (χ0n) is 18.6. The number of fused-ring (bicyclic) bond motifs is 1. The number of aldehydes is 1. The second-order valence-corrected chi connectivity index (χ2v) is 8.38. The van der Waals surface area contributed by atoms with E-state index in [0.29, 0.717) is 6.42 Å². The molecule has 2 atom stereocenters. The summed E-state index contributed by atoms with van der Waals surface area (Å²) in [6.07, 6.45) is 2.03. The molecule has 0 saturated heterocycles. The van der Waals surface area contributed by atoms with Crippen molar-refractivity contribution in [3.05, 3.63) is 65.6 Å². The van der Waals surface area contributed by atoms with Crippen molar-refractivity contribution in [1.29, 1.82) is 0 Å². The van der Waals surface area contributed by atoms with E-state index in [1.807, 2.05) is 32.0 Å². The van der Waals surface area contributed by atoms with Gasteiger partial charge in [-0.3, -0.25) is 9.59 Å². The lowest BCUT2D eigenvalue weighted by Gasteiger charge is -2.15. The summed E-state index contributed by atoms with van der Waals surface area (Å²) < 4.78 is 15.7. The fourth-order valence-corrected chi connectivity index (χ4v) is 4.10. The molecule has 1 aromatic heterocycles. The third-order valence-electron chi connectivity index (χ3n) is 5.48. The number of halogens is 1. The minimum Gasteiger partial charge on any atom is -0.481 e. The molecule has 0 spiro atoms. The average Bonchev–Trinajstić information content (AvgIpc) is 3.06. The highest BCUT2D eigenvalue weighted by Gasteiger charge is 2.20. The number of hydrogen-bond donors (Lipinski definition) is 3. The van der Waals surface area contributed by atoms with Gasteiger partial charge in [-0.1, -0.05) is 24.3 Å². The van der Waals surface area contributed by atoms with Crippen molar-refractivity contribution < 1.29 is 29.3 Å². The number of carbonyl (C=O) groups is 1. The predicted octanol–water partition coefficient (Wildman–Crippen LogP) is 4.35. The van der Waals surface area contributed by atoms with Crippen molar-refractivity contribution >= 4 is 29.2 Å². The average molecular weight is 455 g/mol. The van der Waals surface area contributed by atoms with Crippen LogP contribution in [0.2, 0.25) is 0 Å². The van der Waals surface area contributed by atoms with Gasteiger partial charge in [-0.05, 0) is 55.3 Å². The Bertz CT molecular complexity index is 1160. The first-order chi connectivity index (χ1) is 15.7. The number of carboxylic acid groups (broad SMARTS) is 1. The smallest absolute Gasteiger partial charge is 0.305 e. The summed E-state index contributed by atoms with van der Waals surface area (Å²) in [5.74, 6) is -1.48. The Morgan fingerprint density at radius 3 is 2.45 bits per heavy atom. The summed E-state index contributed by atoms with van der Waals surface area (Å²) >= 11 is 0. The lowest BCUT2D eigenvalue weighted by molar-refractivity contribution is -0.139. The van der Waals surface area contributed by atoms with Crippen LogP contribution in [0.25, 0.3) is 28.1 Å². The molecule has 0 radical (unpaired) electrons. The summed E-state index contributed by atoms with van der Waals surface area (Å²) in [5, 5.41) is 30.0. The van der Waals surface area contributed by atoms with Gasteiger partial charge in [0.1, 0.15) is 5.82 Å². The molecule has 3 aromatic rings. The highest BCUT2D eigenvalue weighted by molar-refractivity contribution is 6.01. The first-order valence-corrected chi connectivity index (χ1v) is 10.9. The number of nitrogens with zero attached hydrogens (tertiary/aromatic N) is 1. The van der Waals surface area contributed by atoms with Crippen LogP contribution in [-0.2, 0) is 11.2 Å². The van der Waals surface area contributed by atoms with Crippen molar-refractivity contribution in [1.82, 2.24) is 4.57 Å². The van der Waals surface area contributed by atoms with Crippen LogP contribution in [0.15, 0.2) is 48.5 Å². The number of carbonyl (C=O) groups excluding carboxylic acids is 1. The summed E-state index contributed by atoms with van der Waals surface area (Å²) in [7, 11) is 0. The van der Waals surface area contributed by atoms with E-state index in [2.05, 4.69) is 4.57 Å². The van der Waals surface area contributed by atoms with Crippen LogP contribution in [0, 0.1) is 5.82 Å². The third-order valence-corrected chi connectivity index (χ3v) is 5.48. The molecule has 0 aliphatic rings. The molecule has 0 aliphatic carbocycles. The Morgan fingerprint density at radius 1 is 1.15 bits per heavy atom. The van der Waals surface area contributed by atoms with Crippen LogP contribution in [0.1, 0.15) is 44.0 Å². The molecule has 0 bridgehead atoms. The van der Waals surface area contributed by atoms with Crippen LogP contribution < -0.4 is 0 Å². The zero-order valence-corrected chi connectivity index (χ0v) is 18.6. The first-order valence-electron chi connectivity index (χ1n) is 10.9. The molecular weight excluding hydrogens is 425 g/mol. The summed E-state index contributed by atoms with van der Waals surface area (Å²) in [4.78, 5) is 20.0. The van der Waals surface area contributed by atoms with E-state index in [1.54, 1.807) is 18.2 Å². The topological polar surface area (TPSA) is 104 Å². The maximum atomic E-state index is 13.6. The number of aliphatic hydroxyl groups excluding tert-OH is 2. The van der Waals surface area contributed by atoms with E-state index in [4.69, 9.17) is 5.11 Å². The molecule has 174 valence electrons. The Morgan fingerprint density at radius 2 is 1.85 bits per heavy atom. The number of aliphatic carboxylic acids is 1. The van der Waals surface area contributed by atoms with Gasteiger partial charge in [0, 0.05) is 34.6 Å². The minimum atomic E-state index is -1.16. The Kier molecular flexibility index (Phi) is 7.79. The van der Waals surface area contributed by atoms with Gasteiger partial charge in [0.15, 0.2) is 0 Å². The molecule has 0 unspecified atom stereocenters. The highest BCUT2D eigenvalue weighted by atomic mass is 19.1. The van der Waals surface area contributed by atoms with Gasteiger partial charge in [-0.2, -0.15) is 0 Å². The highest BCUT2D eigenvalue weighted by Crippen LogP contribution is 2.38. The van der Waals surface area contributed by atoms with Crippen molar-refractivity contribution in [2.75, 3.05) is 0 Å². The van der Waals surface area contributed by atoms with Crippen molar-refractivity contribution in [2.45, 2.75) is 51.4 Å².